The Hall–Kier alpha value is -1.35. The molecule has 1 saturated carbocycles. The minimum Gasteiger partial charge on any atom is -0.389 e. The van der Waals surface area contributed by atoms with Crippen molar-refractivity contribution in [2.45, 2.75) is 63.9 Å². The summed E-state index contributed by atoms with van der Waals surface area (Å²) < 4.78 is 0. The monoisotopic (exact) mass is 303 g/mol. The maximum Gasteiger partial charge on any atom is 0.233 e. The van der Waals surface area contributed by atoms with Crippen LogP contribution in [0.2, 0.25) is 0 Å². The van der Waals surface area contributed by atoms with Crippen molar-refractivity contribution in [2.75, 3.05) is 13.1 Å². The standard InChI is InChI=1S/C19H29NO2/c1-3-14-20(15-4-2)18(21)17(16-10-6-5-7-11-16)19(22)12-8-9-13-19/h5-7,10-11,17,22H,3-4,8-9,12-15H2,1-2H3/t17-/m0/s1. The van der Waals surface area contributed by atoms with Crippen LogP contribution in [0.5, 0.6) is 0 Å². The van der Waals surface area contributed by atoms with Crippen LogP contribution >= 0.6 is 0 Å². The molecule has 3 heteroatoms. The van der Waals surface area contributed by atoms with Crippen molar-refractivity contribution < 1.29 is 9.90 Å². The van der Waals surface area contributed by atoms with Crippen molar-refractivity contribution in [3.8, 4) is 0 Å². The van der Waals surface area contributed by atoms with Crippen molar-refractivity contribution in [3.05, 3.63) is 35.9 Å². The fourth-order valence-electron chi connectivity index (χ4n) is 3.66. The van der Waals surface area contributed by atoms with Crippen LogP contribution in [-0.4, -0.2) is 34.6 Å². The van der Waals surface area contributed by atoms with E-state index in [2.05, 4.69) is 13.8 Å². The normalized spacial score (nSPS) is 18.1. The SMILES string of the molecule is CCCN(CCC)C(=O)[C@H](c1ccccc1)C1(O)CCCC1. The Bertz CT molecular complexity index is 460. The first-order valence-corrected chi connectivity index (χ1v) is 8.68. The molecule has 2 rings (SSSR count). The zero-order valence-corrected chi connectivity index (χ0v) is 13.9. The van der Waals surface area contributed by atoms with E-state index in [1.807, 2.05) is 35.2 Å². The van der Waals surface area contributed by atoms with Crippen molar-refractivity contribution >= 4 is 5.91 Å². The zero-order valence-electron chi connectivity index (χ0n) is 13.9. The van der Waals surface area contributed by atoms with Crippen LogP contribution < -0.4 is 0 Å². The van der Waals surface area contributed by atoms with Crippen LogP contribution in [0, 0.1) is 0 Å². The van der Waals surface area contributed by atoms with Gasteiger partial charge in [0.2, 0.25) is 5.91 Å². The summed E-state index contributed by atoms with van der Waals surface area (Å²) in [5, 5.41) is 11.1. The van der Waals surface area contributed by atoms with Crippen LogP contribution in [0.1, 0.15) is 63.9 Å². The number of amides is 1. The molecule has 1 aliphatic rings. The quantitative estimate of drug-likeness (QED) is 0.834. The fourth-order valence-corrected chi connectivity index (χ4v) is 3.66. The van der Waals surface area contributed by atoms with Crippen LogP contribution in [-0.2, 0) is 4.79 Å². The summed E-state index contributed by atoms with van der Waals surface area (Å²) in [5.74, 6) is -0.325. The lowest BCUT2D eigenvalue weighted by atomic mass is 9.79. The maximum absolute atomic E-state index is 13.2. The number of nitrogens with zero attached hydrogens (tertiary/aromatic N) is 1. The van der Waals surface area contributed by atoms with E-state index >= 15 is 0 Å². The van der Waals surface area contributed by atoms with Crippen molar-refractivity contribution in [1.29, 1.82) is 0 Å². The molecular formula is C19H29NO2. The minimum absolute atomic E-state index is 0.0966. The van der Waals surface area contributed by atoms with Gasteiger partial charge in [0.15, 0.2) is 0 Å². The van der Waals surface area contributed by atoms with E-state index in [-0.39, 0.29) is 5.91 Å². The molecule has 1 aromatic carbocycles. The molecule has 0 saturated heterocycles. The van der Waals surface area contributed by atoms with Crippen LogP contribution in [0.25, 0.3) is 0 Å². The molecule has 1 aliphatic carbocycles. The summed E-state index contributed by atoms with van der Waals surface area (Å²) in [5.41, 5.74) is 0.0761. The lowest BCUT2D eigenvalue weighted by Gasteiger charge is -2.36. The summed E-state index contributed by atoms with van der Waals surface area (Å²) in [4.78, 5) is 15.1. The second kappa shape index (κ2) is 7.77. The fraction of sp³-hybridized carbons (Fsp3) is 0.632. The first kappa shape index (κ1) is 17.0. The topological polar surface area (TPSA) is 40.5 Å². The summed E-state index contributed by atoms with van der Waals surface area (Å²) in [6, 6.07) is 9.83. The van der Waals surface area contributed by atoms with Gasteiger partial charge in [0, 0.05) is 13.1 Å². The largest absolute Gasteiger partial charge is 0.389 e. The number of aliphatic hydroxyl groups is 1. The minimum atomic E-state index is -0.877. The lowest BCUT2D eigenvalue weighted by molar-refractivity contribution is -0.139. The van der Waals surface area contributed by atoms with Gasteiger partial charge in [-0.1, -0.05) is 57.0 Å². The van der Waals surface area contributed by atoms with E-state index in [1.54, 1.807) is 0 Å². The molecule has 0 aliphatic heterocycles. The highest BCUT2D eigenvalue weighted by atomic mass is 16.3. The number of hydrogen-bond donors (Lipinski definition) is 1. The van der Waals surface area contributed by atoms with Crippen molar-refractivity contribution in [2.24, 2.45) is 0 Å². The van der Waals surface area contributed by atoms with E-state index in [0.29, 0.717) is 0 Å². The Morgan fingerprint density at radius 3 is 2.18 bits per heavy atom. The third kappa shape index (κ3) is 3.70. The Kier molecular flexibility index (Phi) is 6.01. The molecule has 22 heavy (non-hydrogen) atoms. The molecule has 1 aromatic rings. The van der Waals surface area contributed by atoms with Gasteiger partial charge in [-0.25, -0.2) is 0 Å². The third-order valence-corrected chi connectivity index (χ3v) is 4.69. The summed E-state index contributed by atoms with van der Waals surface area (Å²) in [6.45, 7) is 5.73. The highest BCUT2D eigenvalue weighted by Crippen LogP contribution is 2.42. The summed E-state index contributed by atoms with van der Waals surface area (Å²) in [6.07, 6.45) is 5.37. The first-order valence-electron chi connectivity index (χ1n) is 8.68. The van der Waals surface area contributed by atoms with Gasteiger partial charge in [-0.05, 0) is 31.2 Å². The average molecular weight is 303 g/mol. The van der Waals surface area contributed by atoms with Gasteiger partial charge in [0.25, 0.3) is 0 Å². The van der Waals surface area contributed by atoms with Crippen LogP contribution in [0.4, 0.5) is 0 Å². The first-order chi connectivity index (χ1) is 10.6. The Labute approximate surface area is 134 Å². The van der Waals surface area contributed by atoms with E-state index in [4.69, 9.17) is 0 Å². The number of hydrogen-bond acceptors (Lipinski definition) is 2. The van der Waals surface area contributed by atoms with Gasteiger partial charge < -0.3 is 10.0 Å². The van der Waals surface area contributed by atoms with Crippen molar-refractivity contribution in [1.82, 2.24) is 4.90 Å². The predicted octanol–water partition coefficient (Wildman–Crippen LogP) is 3.72. The van der Waals surface area contributed by atoms with E-state index < -0.39 is 11.5 Å². The molecule has 1 atom stereocenters. The van der Waals surface area contributed by atoms with Crippen LogP contribution in [0.15, 0.2) is 30.3 Å². The Morgan fingerprint density at radius 1 is 1.14 bits per heavy atom. The van der Waals surface area contributed by atoms with Gasteiger partial charge in [-0.15, -0.1) is 0 Å². The number of carbonyl (C=O) groups excluding carboxylic acids is 1. The predicted molar refractivity (Wildman–Crippen MR) is 89.8 cm³/mol. The number of carbonyl (C=O) groups is 1. The molecule has 1 amide bonds. The highest BCUT2D eigenvalue weighted by Gasteiger charge is 2.45. The molecule has 1 fully saturated rings. The number of rotatable bonds is 7. The molecule has 0 radical (unpaired) electrons. The number of benzene rings is 1. The molecule has 0 aromatic heterocycles. The van der Waals surface area contributed by atoms with Gasteiger partial charge in [-0.2, -0.15) is 0 Å². The van der Waals surface area contributed by atoms with E-state index in [0.717, 1.165) is 57.2 Å². The Morgan fingerprint density at radius 2 is 1.68 bits per heavy atom. The molecule has 122 valence electrons. The molecule has 0 spiro atoms. The molecular weight excluding hydrogens is 274 g/mol. The van der Waals surface area contributed by atoms with Gasteiger partial charge in [0.05, 0.1) is 11.5 Å². The average Bonchev–Trinajstić information content (AvgIpc) is 2.95. The maximum atomic E-state index is 13.2. The highest BCUT2D eigenvalue weighted by molar-refractivity contribution is 5.85. The van der Waals surface area contributed by atoms with E-state index in [1.165, 1.54) is 0 Å². The molecule has 0 bridgehead atoms. The second-order valence-electron chi connectivity index (χ2n) is 6.48. The third-order valence-electron chi connectivity index (χ3n) is 4.69. The summed E-state index contributed by atoms with van der Waals surface area (Å²) in [7, 11) is 0. The molecule has 1 N–H and O–H groups in total. The smallest absolute Gasteiger partial charge is 0.233 e. The molecule has 0 heterocycles. The second-order valence-corrected chi connectivity index (χ2v) is 6.48. The zero-order chi connectivity index (χ0) is 16.0. The van der Waals surface area contributed by atoms with Gasteiger partial charge in [0.1, 0.15) is 0 Å². The lowest BCUT2D eigenvalue weighted by Crippen LogP contribution is -2.46. The van der Waals surface area contributed by atoms with Gasteiger partial charge in [-0.3, -0.25) is 4.79 Å². The molecule has 0 unspecified atom stereocenters. The molecule has 3 nitrogen and oxygen atoms in total. The Balaban J connectivity index is 2.33. The van der Waals surface area contributed by atoms with Gasteiger partial charge >= 0.3 is 0 Å². The summed E-state index contributed by atoms with van der Waals surface area (Å²) >= 11 is 0. The van der Waals surface area contributed by atoms with Crippen LogP contribution in [0.3, 0.4) is 0 Å². The van der Waals surface area contributed by atoms with E-state index in [9.17, 15) is 9.90 Å². The van der Waals surface area contributed by atoms with Crippen molar-refractivity contribution in [3.63, 3.8) is 0 Å².